The largest absolute Gasteiger partial charge is 0.504 e. The van der Waals surface area contributed by atoms with Crippen LogP contribution < -0.4 is 10.1 Å². The first-order valence-electron chi connectivity index (χ1n) is 5.55. The fourth-order valence-corrected chi connectivity index (χ4v) is 1.67. The van der Waals surface area contributed by atoms with Crippen molar-refractivity contribution in [1.82, 2.24) is 0 Å². The van der Waals surface area contributed by atoms with E-state index in [0.717, 1.165) is 0 Å². The summed E-state index contributed by atoms with van der Waals surface area (Å²) in [6, 6.07) is 11.6. The molecule has 0 unspecified atom stereocenters. The van der Waals surface area contributed by atoms with Crippen LogP contribution in [0, 0.1) is 5.82 Å². The van der Waals surface area contributed by atoms with Gasteiger partial charge in [-0.2, -0.15) is 0 Å². The maximum atomic E-state index is 13.4. The molecule has 18 heavy (non-hydrogen) atoms. The van der Waals surface area contributed by atoms with Crippen molar-refractivity contribution in [2.24, 2.45) is 0 Å². The van der Waals surface area contributed by atoms with Crippen molar-refractivity contribution in [2.75, 3.05) is 12.4 Å². The van der Waals surface area contributed by atoms with Gasteiger partial charge in [0, 0.05) is 12.1 Å². The van der Waals surface area contributed by atoms with Gasteiger partial charge >= 0.3 is 0 Å². The molecule has 0 bridgehead atoms. The summed E-state index contributed by atoms with van der Waals surface area (Å²) in [5.74, 6) is 0.159. The van der Waals surface area contributed by atoms with Crippen LogP contribution in [0.3, 0.4) is 0 Å². The topological polar surface area (TPSA) is 41.5 Å². The highest BCUT2D eigenvalue weighted by Crippen LogP contribution is 2.29. The minimum absolute atomic E-state index is 0.0730. The predicted molar refractivity (Wildman–Crippen MR) is 68.4 cm³/mol. The third-order valence-electron chi connectivity index (χ3n) is 2.65. The van der Waals surface area contributed by atoms with Crippen molar-refractivity contribution in [3.63, 3.8) is 0 Å². The number of anilines is 1. The number of rotatable bonds is 4. The second-order valence-electron chi connectivity index (χ2n) is 3.80. The van der Waals surface area contributed by atoms with E-state index in [9.17, 15) is 9.50 Å². The van der Waals surface area contributed by atoms with Crippen LogP contribution in [0.1, 0.15) is 5.56 Å². The smallest absolute Gasteiger partial charge is 0.162 e. The zero-order chi connectivity index (χ0) is 13.0. The van der Waals surface area contributed by atoms with Gasteiger partial charge in [0.1, 0.15) is 5.82 Å². The van der Waals surface area contributed by atoms with Gasteiger partial charge in [0.15, 0.2) is 11.5 Å². The number of aromatic hydroxyl groups is 1. The first-order valence-corrected chi connectivity index (χ1v) is 5.55. The molecule has 0 aliphatic heterocycles. The molecule has 0 fully saturated rings. The molecule has 3 nitrogen and oxygen atoms in total. The van der Waals surface area contributed by atoms with Crippen LogP contribution in [0.15, 0.2) is 42.5 Å². The first kappa shape index (κ1) is 12.2. The van der Waals surface area contributed by atoms with E-state index < -0.39 is 0 Å². The number of hydrogen-bond donors (Lipinski definition) is 2. The number of ether oxygens (including phenoxy) is 1. The van der Waals surface area contributed by atoms with Crippen LogP contribution >= 0.6 is 0 Å². The molecular formula is C14H14FNO2. The number of halogens is 1. The highest BCUT2D eigenvalue weighted by Gasteiger charge is 2.07. The Hall–Kier alpha value is -2.23. The lowest BCUT2D eigenvalue weighted by atomic mass is 10.2. The van der Waals surface area contributed by atoms with E-state index >= 15 is 0 Å². The molecule has 2 N–H and O–H groups in total. The number of benzene rings is 2. The van der Waals surface area contributed by atoms with Crippen LogP contribution in [0.4, 0.5) is 10.1 Å². The Kier molecular flexibility index (Phi) is 3.67. The molecule has 0 aromatic heterocycles. The van der Waals surface area contributed by atoms with E-state index in [-0.39, 0.29) is 11.6 Å². The Morgan fingerprint density at radius 1 is 1.17 bits per heavy atom. The van der Waals surface area contributed by atoms with Gasteiger partial charge in [-0.15, -0.1) is 0 Å². The monoisotopic (exact) mass is 247 g/mol. The summed E-state index contributed by atoms with van der Waals surface area (Å²) < 4.78 is 18.4. The van der Waals surface area contributed by atoms with E-state index in [2.05, 4.69) is 5.32 Å². The second kappa shape index (κ2) is 5.40. The van der Waals surface area contributed by atoms with Gasteiger partial charge in [-0.3, -0.25) is 0 Å². The average molecular weight is 247 g/mol. The highest BCUT2D eigenvalue weighted by molar-refractivity contribution is 5.49. The Morgan fingerprint density at radius 2 is 1.94 bits per heavy atom. The Bertz CT molecular complexity index is 543. The third-order valence-corrected chi connectivity index (χ3v) is 2.65. The van der Waals surface area contributed by atoms with E-state index in [0.29, 0.717) is 23.5 Å². The molecule has 0 amide bonds. The number of phenols is 1. The van der Waals surface area contributed by atoms with Crippen LogP contribution in [0.25, 0.3) is 0 Å². The number of para-hydroxylation sites is 2. The maximum Gasteiger partial charge on any atom is 0.162 e. The Labute approximate surface area is 105 Å². The van der Waals surface area contributed by atoms with Gasteiger partial charge in [-0.05, 0) is 18.2 Å². The molecule has 0 atom stereocenters. The molecule has 0 spiro atoms. The van der Waals surface area contributed by atoms with Crippen molar-refractivity contribution >= 4 is 5.69 Å². The molecule has 0 aliphatic carbocycles. The summed E-state index contributed by atoms with van der Waals surface area (Å²) in [6.45, 7) is 0.323. The Balaban J connectivity index is 2.14. The van der Waals surface area contributed by atoms with E-state index in [1.54, 1.807) is 36.4 Å². The molecule has 2 aromatic carbocycles. The lowest BCUT2D eigenvalue weighted by molar-refractivity contribution is 0.371. The quantitative estimate of drug-likeness (QED) is 0.872. The van der Waals surface area contributed by atoms with Crippen LogP contribution in [0.5, 0.6) is 11.5 Å². The molecule has 94 valence electrons. The zero-order valence-electron chi connectivity index (χ0n) is 9.98. The first-order chi connectivity index (χ1) is 8.72. The fourth-order valence-electron chi connectivity index (χ4n) is 1.67. The molecule has 2 aromatic rings. The lowest BCUT2D eigenvalue weighted by Crippen LogP contribution is -2.02. The number of methoxy groups -OCH3 is 1. The van der Waals surface area contributed by atoms with Gasteiger partial charge in [0.2, 0.25) is 0 Å². The van der Waals surface area contributed by atoms with Gasteiger partial charge in [-0.25, -0.2) is 4.39 Å². The molecule has 2 rings (SSSR count). The summed E-state index contributed by atoms with van der Waals surface area (Å²) in [4.78, 5) is 0. The molecule has 4 heteroatoms. The SMILES string of the molecule is COc1cccc(CNc2ccccc2F)c1O. The van der Waals surface area contributed by atoms with Crippen molar-refractivity contribution in [3.05, 3.63) is 53.8 Å². The zero-order valence-corrected chi connectivity index (χ0v) is 9.98. The van der Waals surface area contributed by atoms with Crippen molar-refractivity contribution in [3.8, 4) is 11.5 Å². The van der Waals surface area contributed by atoms with Crippen LogP contribution in [-0.2, 0) is 6.54 Å². The number of hydrogen-bond acceptors (Lipinski definition) is 3. The van der Waals surface area contributed by atoms with Crippen LogP contribution in [0.2, 0.25) is 0 Å². The van der Waals surface area contributed by atoms with E-state index in [1.165, 1.54) is 13.2 Å². The van der Waals surface area contributed by atoms with E-state index in [1.807, 2.05) is 0 Å². The molecule has 0 saturated heterocycles. The van der Waals surface area contributed by atoms with E-state index in [4.69, 9.17) is 4.74 Å². The summed E-state index contributed by atoms with van der Waals surface area (Å²) >= 11 is 0. The molecular weight excluding hydrogens is 233 g/mol. The van der Waals surface area contributed by atoms with Crippen molar-refractivity contribution in [1.29, 1.82) is 0 Å². The van der Waals surface area contributed by atoms with Crippen molar-refractivity contribution in [2.45, 2.75) is 6.54 Å². The van der Waals surface area contributed by atoms with Crippen molar-refractivity contribution < 1.29 is 14.2 Å². The minimum Gasteiger partial charge on any atom is -0.504 e. The van der Waals surface area contributed by atoms with Gasteiger partial charge in [-0.1, -0.05) is 24.3 Å². The highest BCUT2D eigenvalue weighted by atomic mass is 19.1. The normalized spacial score (nSPS) is 10.1. The van der Waals surface area contributed by atoms with Gasteiger partial charge in [0.25, 0.3) is 0 Å². The standard InChI is InChI=1S/C14H14FNO2/c1-18-13-8-4-5-10(14(13)17)9-16-12-7-3-2-6-11(12)15/h2-8,16-17H,9H2,1H3. The van der Waals surface area contributed by atoms with Crippen LogP contribution in [-0.4, -0.2) is 12.2 Å². The number of nitrogens with one attached hydrogen (secondary N) is 1. The second-order valence-corrected chi connectivity index (χ2v) is 3.80. The Morgan fingerprint density at radius 3 is 2.67 bits per heavy atom. The maximum absolute atomic E-state index is 13.4. The summed E-state index contributed by atoms with van der Waals surface area (Å²) in [7, 11) is 1.49. The molecule has 0 saturated carbocycles. The predicted octanol–water partition coefficient (Wildman–Crippen LogP) is 3.15. The molecule has 0 radical (unpaired) electrons. The minimum atomic E-state index is -0.320. The third kappa shape index (κ3) is 2.53. The average Bonchev–Trinajstić information content (AvgIpc) is 2.39. The lowest BCUT2D eigenvalue weighted by Gasteiger charge is -2.11. The summed E-state index contributed by atoms with van der Waals surface area (Å²) in [5, 5.41) is 12.8. The molecule has 0 aliphatic rings. The van der Waals surface area contributed by atoms with Gasteiger partial charge < -0.3 is 15.2 Å². The summed E-state index contributed by atoms with van der Waals surface area (Å²) in [6.07, 6.45) is 0. The fraction of sp³-hybridized carbons (Fsp3) is 0.143. The summed E-state index contributed by atoms with van der Waals surface area (Å²) in [5.41, 5.74) is 1.05. The number of phenolic OH excluding ortho intramolecular Hbond substituents is 1. The van der Waals surface area contributed by atoms with Gasteiger partial charge in [0.05, 0.1) is 12.8 Å². The molecule has 0 heterocycles.